The minimum absolute atomic E-state index is 0.760. The molecule has 0 bridgehead atoms. The molecular weight excluding hydrogens is 356 g/mol. The number of nitrogens with two attached hydrogens (primary N) is 1. The van der Waals surface area contributed by atoms with Gasteiger partial charge in [0, 0.05) is 25.3 Å². The van der Waals surface area contributed by atoms with Crippen molar-refractivity contribution >= 4 is 17.0 Å². The van der Waals surface area contributed by atoms with E-state index in [2.05, 4.69) is 46.0 Å². The molecule has 27 heavy (non-hydrogen) atoms. The molecule has 0 aliphatic rings. The molecule has 0 aliphatic carbocycles. The fourth-order valence-electron chi connectivity index (χ4n) is 3.13. The van der Waals surface area contributed by atoms with Crippen molar-refractivity contribution in [3.63, 3.8) is 0 Å². The molecule has 0 saturated carbocycles. The zero-order chi connectivity index (χ0) is 19.1. The van der Waals surface area contributed by atoms with Gasteiger partial charge in [-0.2, -0.15) is 11.3 Å². The van der Waals surface area contributed by atoms with Gasteiger partial charge in [-0.15, -0.1) is 0 Å². The molecule has 4 nitrogen and oxygen atoms in total. The second-order valence-corrected chi connectivity index (χ2v) is 7.31. The Hall–Kier alpha value is -2.50. The predicted octanol–water partition coefficient (Wildman–Crippen LogP) is 4.59. The molecule has 1 heterocycles. The summed E-state index contributed by atoms with van der Waals surface area (Å²) in [6, 6.07) is 16.4. The molecule has 0 radical (unpaired) electrons. The number of methoxy groups -OCH3 is 2. The highest BCUT2D eigenvalue weighted by atomic mass is 32.1. The number of hydrogen-bond donors (Lipinski definition) is 1. The van der Waals surface area contributed by atoms with Crippen molar-refractivity contribution in [2.45, 2.75) is 19.5 Å². The first kappa shape index (κ1) is 19.3. The third-order valence-electron chi connectivity index (χ3n) is 4.51. The number of rotatable bonds is 9. The fraction of sp³-hybridized carbons (Fsp3) is 0.273. The number of nitrogen functional groups attached to an aromatic ring is 1. The van der Waals surface area contributed by atoms with Crippen molar-refractivity contribution < 1.29 is 9.47 Å². The average Bonchev–Trinajstić information content (AvgIpc) is 3.19. The van der Waals surface area contributed by atoms with E-state index in [1.165, 1.54) is 16.7 Å². The van der Waals surface area contributed by atoms with Gasteiger partial charge in [-0.3, -0.25) is 4.90 Å². The smallest absolute Gasteiger partial charge is 0.160 e. The van der Waals surface area contributed by atoms with Crippen LogP contribution in [0.4, 0.5) is 5.69 Å². The summed E-state index contributed by atoms with van der Waals surface area (Å²) in [7, 11) is 3.33. The maximum absolute atomic E-state index is 5.95. The van der Waals surface area contributed by atoms with Crippen LogP contribution in [-0.2, 0) is 19.5 Å². The van der Waals surface area contributed by atoms with Gasteiger partial charge >= 0.3 is 0 Å². The molecule has 0 atom stereocenters. The largest absolute Gasteiger partial charge is 0.493 e. The van der Waals surface area contributed by atoms with E-state index >= 15 is 0 Å². The highest BCUT2D eigenvalue weighted by molar-refractivity contribution is 7.07. The van der Waals surface area contributed by atoms with E-state index < -0.39 is 0 Å². The molecule has 3 aromatic rings. The topological polar surface area (TPSA) is 47.7 Å². The third kappa shape index (κ3) is 5.49. The average molecular weight is 383 g/mol. The minimum Gasteiger partial charge on any atom is -0.493 e. The van der Waals surface area contributed by atoms with Gasteiger partial charge < -0.3 is 15.2 Å². The Labute approximate surface area is 165 Å². The van der Waals surface area contributed by atoms with Crippen LogP contribution < -0.4 is 15.2 Å². The molecule has 2 aromatic carbocycles. The zero-order valence-corrected chi connectivity index (χ0v) is 16.7. The van der Waals surface area contributed by atoms with Crippen LogP contribution in [0.25, 0.3) is 0 Å². The molecular formula is C22H26N2O2S. The van der Waals surface area contributed by atoms with Crippen LogP contribution in [0.5, 0.6) is 11.5 Å². The van der Waals surface area contributed by atoms with Crippen LogP contribution in [0, 0.1) is 0 Å². The summed E-state index contributed by atoms with van der Waals surface area (Å²) >= 11 is 1.74. The van der Waals surface area contributed by atoms with Crippen LogP contribution in [0.15, 0.2) is 59.3 Å². The highest BCUT2D eigenvalue weighted by Gasteiger charge is 2.10. The maximum Gasteiger partial charge on any atom is 0.160 e. The van der Waals surface area contributed by atoms with Gasteiger partial charge in [0.25, 0.3) is 0 Å². The Kier molecular flexibility index (Phi) is 6.74. The Balaban J connectivity index is 1.71. The summed E-state index contributed by atoms with van der Waals surface area (Å²) in [6.45, 7) is 2.74. The molecule has 1 aromatic heterocycles. The molecule has 0 amide bonds. The number of thiophene rings is 1. The predicted molar refractivity (Wildman–Crippen MR) is 113 cm³/mol. The molecule has 0 aliphatic heterocycles. The van der Waals surface area contributed by atoms with Crippen molar-refractivity contribution in [3.05, 3.63) is 76.0 Å². The molecule has 3 rings (SSSR count). The fourth-order valence-corrected chi connectivity index (χ4v) is 3.79. The first-order valence-corrected chi connectivity index (χ1v) is 9.91. The number of anilines is 1. The second kappa shape index (κ2) is 9.44. The number of ether oxygens (including phenoxy) is 2. The number of hydrogen-bond acceptors (Lipinski definition) is 5. The van der Waals surface area contributed by atoms with Crippen LogP contribution in [-0.4, -0.2) is 25.7 Å². The van der Waals surface area contributed by atoms with E-state index in [0.717, 1.165) is 43.2 Å². The van der Waals surface area contributed by atoms with Crippen molar-refractivity contribution in [3.8, 4) is 11.5 Å². The molecule has 0 unspecified atom stereocenters. The summed E-state index contributed by atoms with van der Waals surface area (Å²) in [5.74, 6) is 1.53. The first-order valence-electron chi connectivity index (χ1n) is 8.96. The normalized spacial score (nSPS) is 10.9. The SMILES string of the molecule is COc1ccc(CCN(Cc2ccsc2)Cc2cccc(N)c2)cc1OC. The zero-order valence-electron chi connectivity index (χ0n) is 15.9. The number of benzene rings is 2. The lowest BCUT2D eigenvalue weighted by Gasteiger charge is -2.22. The highest BCUT2D eigenvalue weighted by Crippen LogP contribution is 2.28. The van der Waals surface area contributed by atoms with E-state index in [1.807, 2.05) is 18.2 Å². The Morgan fingerprint density at radius 2 is 1.70 bits per heavy atom. The van der Waals surface area contributed by atoms with Crippen molar-refractivity contribution in [1.29, 1.82) is 0 Å². The quantitative estimate of drug-likeness (QED) is 0.550. The molecule has 0 fully saturated rings. The van der Waals surface area contributed by atoms with Crippen molar-refractivity contribution in [2.24, 2.45) is 0 Å². The van der Waals surface area contributed by atoms with Crippen molar-refractivity contribution in [1.82, 2.24) is 4.90 Å². The maximum atomic E-state index is 5.95. The van der Waals surface area contributed by atoms with E-state index in [4.69, 9.17) is 15.2 Å². The summed E-state index contributed by atoms with van der Waals surface area (Å²) in [4.78, 5) is 2.45. The Morgan fingerprint density at radius 3 is 2.41 bits per heavy atom. The van der Waals surface area contributed by atoms with Gasteiger partial charge in [0.2, 0.25) is 0 Å². The summed E-state index contributed by atoms with van der Waals surface area (Å²) in [5, 5.41) is 4.34. The van der Waals surface area contributed by atoms with Crippen LogP contribution >= 0.6 is 11.3 Å². The van der Waals surface area contributed by atoms with Crippen molar-refractivity contribution in [2.75, 3.05) is 26.5 Å². The third-order valence-corrected chi connectivity index (χ3v) is 5.24. The van der Waals surface area contributed by atoms with Gasteiger partial charge in [-0.25, -0.2) is 0 Å². The molecule has 5 heteroatoms. The second-order valence-electron chi connectivity index (χ2n) is 6.53. The first-order chi connectivity index (χ1) is 13.2. The van der Waals surface area contributed by atoms with Crippen LogP contribution in [0.2, 0.25) is 0 Å². The van der Waals surface area contributed by atoms with Gasteiger partial charge in [-0.05, 0) is 64.2 Å². The molecule has 142 valence electrons. The molecule has 2 N–H and O–H groups in total. The lowest BCUT2D eigenvalue weighted by atomic mass is 10.1. The minimum atomic E-state index is 0.760. The Morgan fingerprint density at radius 1 is 0.889 bits per heavy atom. The van der Waals surface area contributed by atoms with E-state index in [1.54, 1.807) is 25.6 Å². The summed E-state index contributed by atoms with van der Waals surface area (Å²) in [6.07, 6.45) is 0.937. The Bertz CT molecular complexity index is 849. The summed E-state index contributed by atoms with van der Waals surface area (Å²) < 4.78 is 10.8. The van der Waals surface area contributed by atoms with Crippen LogP contribution in [0.3, 0.4) is 0 Å². The van der Waals surface area contributed by atoms with Crippen LogP contribution in [0.1, 0.15) is 16.7 Å². The monoisotopic (exact) mass is 382 g/mol. The van der Waals surface area contributed by atoms with Gasteiger partial charge in [-0.1, -0.05) is 18.2 Å². The lowest BCUT2D eigenvalue weighted by molar-refractivity contribution is 0.260. The van der Waals surface area contributed by atoms with E-state index in [-0.39, 0.29) is 0 Å². The van der Waals surface area contributed by atoms with Gasteiger partial charge in [0.1, 0.15) is 0 Å². The van der Waals surface area contributed by atoms with E-state index in [9.17, 15) is 0 Å². The summed E-state index contributed by atoms with van der Waals surface area (Å²) in [5.41, 5.74) is 10.6. The molecule has 0 spiro atoms. The number of nitrogens with zero attached hydrogens (tertiary/aromatic N) is 1. The lowest BCUT2D eigenvalue weighted by Crippen LogP contribution is -2.25. The van der Waals surface area contributed by atoms with E-state index in [0.29, 0.717) is 0 Å². The van der Waals surface area contributed by atoms with Gasteiger partial charge in [0.15, 0.2) is 11.5 Å². The van der Waals surface area contributed by atoms with Gasteiger partial charge in [0.05, 0.1) is 14.2 Å². The molecule has 0 saturated heterocycles. The standard InChI is InChI=1S/C22H26N2O2S/c1-25-21-7-6-17(13-22(21)26-2)8-10-24(15-19-9-11-27-16-19)14-18-4-3-5-20(23)12-18/h3-7,9,11-13,16H,8,10,14-15,23H2,1-2H3.